The number of primary amides is 1. The van der Waals surface area contributed by atoms with Gasteiger partial charge in [0.05, 0.1) is 5.57 Å². The third-order valence-corrected chi connectivity index (χ3v) is 0.948. The molecule has 0 saturated carbocycles. The number of amides is 1. The topological polar surface area (TPSA) is 66.9 Å². The Morgan fingerprint density at radius 1 is 1.56 bits per heavy atom. The maximum absolute atomic E-state index is 10.4. The molecule has 0 heterocycles. The summed E-state index contributed by atoms with van der Waals surface area (Å²) in [4.78, 5) is 10.4. The molecule has 3 nitrogen and oxygen atoms in total. The number of hydrogen-bond acceptors (Lipinski definition) is 2. The fraction of sp³-hybridized carbons (Fsp3) is 0.333. The van der Waals surface area contributed by atoms with Gasteiger partial charge < -0.3 is 11.1 Å². The number of carbonyl (C=O) groups excluding carboxylic acids is 1. The van der Waals surface area contributed by atoms with Crippen LogP contribution in [0.5, 0.6) is 0 Å². The van der Waals surface area contributed by atoms with Gasteiger partial charge in [-0.25, -0.2) is 0 Å². The molecular weight excluding hydrogens is 116 g/mol. The molecule has 0 rings (SSSR count). The molecule has 0 aliphatic carbocycles. The second-order valence-corrected chi connectivity index (χ2v) is 1.92. The summed E-state index contributed by atoms with van der Waals surface area (Å²) >= 11 is 0. The minimum atomic E-state index is -0.537. The normalized spacial score (nSPS) is 8.22. The summed E-state index contributed by atoms with van der Waals surface area (Å²) in [7, 11) is 0. The van der Waals surface area contributed by atoms with Crippen molar-refractivity contribution in [2.75, 3.05) is 0 Å². The predicted molar refractivity (Wildman–Crippen MR) is 36.4 cm³/mol. The van der Waals surface area contributed by atoms with Gasteiger partial charge in [0, 0.05) is 6.21 Å². The summed E-state index contributed by atoms with van der Waals surface area (Å²) in [6.45, 7) is 3.48. The summed E-state index contributed by atoms with van der Waals surface area (Å²) in [6.07, 6.45) is 0.970. The number of allylic oxidation sites excluding steroid dienone is 1. The molecule has 0 spiro atoms. The minimum absolute atomic E-state index is 0.287. The van der Waals surface area contributed by atoms with E-state index in [0.717, 1.165) is 11.8 Å². The molecule has 3 heteroatoms. The average molecular weight is 126 g/mol. The van der Waals surface area contributed by atoms with Crippen LogP contribution in [0.15, 0.2) is 11.1 Å². The van der Waals surface area contributed by atoms with Crippen LogP contribution in [0.4, 0.5) is 0 Å². The smallest absolute Gasteiger partial charge is 0.250 e. The first-order valence-corrected chi connectivity index (χ1v) is 2.57. The van der Waals surface area contributed by atoms with Crippen molar-refractivity contribution >= 4 is 12.1 Å². The molecule has 0 aromatic rings. The van der Waals surface area contributed by atoms with Crippen LogP contribution in [0.25, 0.3) is 0 Å². The van der Waals surface area contributed by atoms with Crippen molar-refractivity contribution in [2.45, 2.75) is 13.8 Å². The minimum Gasteiger partial charge on any atom is -0.366 e. The van der Waals surface area contributed by atoms with Crippen LogP contribution in [0.3, 0.4) is 0 Å². The van der Waals surface area contributed by atoms with E-state index in [0.29, 0.717) is 0 Å². The highest BCUT2D eigenvalue weighted by molar-refractivity contribution is 6.11. The summed E-state index contributed by atoms with van der Waals surface area (Å²) in [5, 5.41) is 6.74. The molecule has 1 amide bonds. The summed E-state index contributed by atoms with van der Waals surface area (Å²) in [6, 6.07) is 0. The van der Waals surface area contributed by atoms with Gasteiger partial charge in [-0.05, 0) is 13.8 Å². The van der Waals surface area contributed by atoms with E-state index < -0.39 is 5.91 Å². The van der Waals surface area contributed by atoms with Crippen molar-refractivity contribution in [1.29, 1.82) is 5.41 Å². The highest BCUT2D eigenvalue weighted by Gasteiger charge is 2.00. The van der Waals surface area contributed by atoms with Crippen molar-refractivity contribution in [2.24, 2.45) is 5.73 Å². The molecule has 0 aliphatic rings. The highest BCUT2D eigenvalue weighted by atomic mass is 16.1. The van der Waals surface area contributed by atoms with Crippen LogP contribution in [-0.2, 0) is 4.79 Å². The first-order chi connectivity index (χ1) is 4.09. The van der Waals surface area contributed by atoms with E-state index >= 15 is 0 Å². The summed E-state index contributed by atoms with van der Waals surface area (Å²) < 4.78 is 0. The average Bonchev–Trinajstić information content (AvgIpc) is 1.64. The van der Waals surface area contributed by atoms with E-state index in [9.17, 15) is 4.79 Å². The standard InChI is InChI=1S/C6H10N2O/c1-4(2)5(3-7)6(8)9/h3,7H,1-2H3,(H2,8,9). The molecule has 0 bridgehead atoms. The van der Waals surface area contributed by atoms with Crippen LogP contribution in [0.1, 0.15) is 13.8 Å². The van der Waals surface area contributed by atoms with Gasteiger partial charge in [0.2, 0.25) is 5.91 Å². The van der Waals surface area contributed by atoms with Gasteiger partial charge >= 0.3 is 0 Å². The van der Waals surface area contributed by atoms with Gasteiger partial charge in [0.1, 0.15) is 0 Å². The van der Waals surface area contributed by atoms with Gasteiger partial charge in [-0.1, -0.05) is 5.57 Å². The maximum Gasteiger partial charge on any atom is 0.250 e. The fourth-order valence-corrected chi connectivity index (χ4v) is 0.462. The molecule has 0 atom stereocenters. The van der Waals surface area contributed by atoms with E-state index in [1.165, 1.54) is 0 Å². The van der Waals surface area contributed by atoms with Gasteiger partial charge in [-0.2, -0.15) is 0 Å². The predicted octanol–water partition coefficient (Wildman–Crippen LogP) is 0.458. The lowest BCUT2D eigenvalue weighted by molar-refractivity contribution is -0.114. The second-order valence-electron chi connectivity index (χ2n) is 1.92. The van der Waals surface area contributed by atoms with Crippen LogP contribution in [0, 0.1) is 5.41 Å². The van der Waals surface area contributed by atoms with Crippen molar-refractivity contribution in [3.8, 4) is 0 Å². The van der Waals surface area contributed by atoms with Gasteiger partial charge in [0.25, 0.3) is 0 Å². The van der Waals surface area contributed by atoms with Crippen molar-refractivity contribution in [3.05, 3.63) is 11.1 Å². The highest BCUT2D eigenvalue weighted by Crippen LogP contribution is 1.97. The third kappa shape index (κ3) is 2.08. The number of nitrogens with two attached hydrogens (primary N) is 1. The number of nitrogens with one attached hydrogen (secondary N) is 1. The van der Waals surface area contributed by atoms with E-state index in [1.54, 1.807) is 13.8 Å². The molecule has 50 valence electrons. The van der Waals surface area contributed by atoms with Crippen molar-refractivity contribution in [1.82, 2.24) is 0 Å². The number of hydrogen-bond donors (Lipinski definition) is 2. The van der Waals surface area contributed by atoms with E-state index in [2.05, 4.69) is 0 Å². The Balaban J connectivity index is 4.55. The second kappa shape index (κ2) is 3.02. The molecular formula is C6H10N2O. The lowest BCUT2D eigenvalue weighted by Gasteiger charge is -1.94. The van der Waals surface area contributed by atoms with E-state index in [1.807, 2.05) is 0 Å². The molecule has 0 fully saturated rings. The monoisotopic (exact) mass is 126 g/mol. The molecule has 0 saturated heterocycles. The molecule has 0 aromatic heterocycles. The van der Waals surface area contributed by atoms with Crippen LogP contribution in [-0.4, -0.2) is 12.1 Å². The molecule has 0 unspecified atom stereocenters. The zero-order chi connectivity index (χ0) is 7.44. The Morgan fingerprint density at radius 3 is 2.00 bits per heavy atom. The van der Waals surface area contributed by atoms with E-state index in [4.69, 9.17) is 11.1 Å². The first-order valence-electron chi connectivity index (χ1n) is 2.57. The Bertz CT molecular complexity index is 166. The largest absolute Gasteiger partial charge is 0.366 e. The van der Waals surface area contributed by atoms with Crippen molar-refractivity contribution in [3.63, 3.8) is 0 Å². The van der Waals surface area contributed by atoms with Gasteiger partial charge in [-0.15, -0.1) is 0 Å². The molecule has 0 radical (unpaired) electrons. The van der Waals surface area contributed by atoms with Gasteiger partial charge in [0.15, 0.2) is 0 Å². The Hall–Kier alpha value is -1.12. The van der Waals surface area contributed by atoms with Crippen molar-refractivity contribution < 1.29 is 4.79 Å². The first kappa shape index (κ1) is 7.88. The molecule has 0 aliphatic heterocycles. The zero-order valence-corrected chi connectivity index (χ0v) is 5.56. The quantitative estimate of drug-likeness (QED) is 0.409. The van der Waals surface area contributed by atoms with Crippen LogP contribution < -0.4 is 5.73 Å². The summed E-state index contributed by atoms with van der Waals surface area (Å²) in [5.74, 6) is -0.537. The molecule has 3 N–H and O–H groups in total. The Morgan fingerprint density at radius 2 is 2.00 bits per heavy atom. The Labute approximate surface area is 54.1 Å². The maximum atomic E-state index is 10.4. The molecule has 0 aromatic carbocycles. The fourth-order valence-electron chi connectivity index (χ4n) is 0.462. The number of carbonyl (C=O) groups is 1. The van der Waals surface area contributed by atoms with Crippen LogP contribution >= 0.6 is 0 Å². The lowest BCUT2D eigenvalue weighted by atomic mass is 10.1. The SMILES string of the molecule is CC(C)=C(C=N)C(N)=O. The molecule has 9 heavy (non-hydrogen) atoms. The Kier molecular flexibility index (Phi) is 2.64. The van der Waals surface area contributed by atoms with E-state index in [-0.39, 0.29) is 5.57 Å². The van der Waals surface area contributed by atoms with Gasteiger partial charge in [-0.3, -0.25) is 4.79 Å². The van der Waals surface area contributed by atoms with Crippen LogP contribution in [0.2, 0.25) is 0 Å². The lowest BCUT2D eigenvalue weighted by Crippen LogP contribution is -2.15. The third-order valence-electron chi connectivity index (χ3n) is 0.948. The zero-order valence-electron chi connectivity index (χ0n) is 5.56. The number of rotatable bonds is 2. The summed E-state index contributed by atoms with van der Waals surface area (Å²) in [5.41, 5.74) is 5.96.